The molecule has 0 aromatic carbocycles. The monoisotopic (exact) mass is 316 g/mol. The van der Waals surface area contributed by atoms with Gasteiger partial charge in [0.1, 0.15) is 0 Å². The summed E-state index contributed by atoms with van der Waals surface area (Å²) < 4.78 is 7.42. The molecule has 2 aromatic heterocycles. The summed E-state index contributed by atoms with van der Waals surface area (Å²) in [6.07, 6.45) is 3.90. The number of pyridine rings is 1. The van der Waals surface area contributed by atoms with Crippen molar-refractivity contribution in [2.24, 2.45) is 0 Å². The minimum atomic E-state index is 0.0508. The van der Waals surface area contributed by atoms with E-state index in [1.807, 2.05) is 31.4 Å². The molecule has 1 aliphatic rings. The highest BCUT2D eigenvalue weighted by atomic mass is 32.1. The number of thiocarbonyl (C=S) groups is 1. The molecule has 1 saturated heterocycles. The lowest BCUT2D eigenvalue weighted by molar-refractivity contribution is 0.184. The third-order valence-corrected chi connectivity index (χ3v) is 4.45. The van der Waals surface area contributed by atoms with E-state index < -0.39 is 0 Å². The van der Waals surface area contributed by atoms with Gasteiger partial charge in [0.15, 0.2) is 5.11 Å². The molecule has 1 fully saturated rings. The van der Waals surface area contributed by atoms with Gasteiger partial charge >= 0.3 is 0 Å². The van der Waals surface area contributed by atoms with E-state index in [1.54, 1.807) is 7.11 Å². The summed E-state index contributed by atoms with van der Waals surface area (Å²) in [5.74, 6) is 0. The van der Waals surface area contributed by atoms with Crippen LogP contribution >= 0.6 is 12.2 Å². The number of aromatic nitrogens is 2. The van der Waals surface area contributed by atoms with Crippen molar-refractivity contribution >= 4 is 17.3 Å². The summed E-state index contributed by atoms with van der Waals surface area (Å²) in [5, 5.41) is 4.14. The van der Waals surface area contributed by atoms with Gasteiger partial charge in [-0.3, -0.25) is 4.98 Å². The van der Waals surface area contributed by atoms with Crippen molar-refractivity contribution in [1.29, 1.82) is 0 Å². The van der Waals surface area contributed by atoms with Gasteiger partial charge in [-0.05, 0) is 36.5 Å². The Balaban J connectivity index is 1.95. The average molecular weight is 316 g/mol. The van der Waals surface area contributed by atoms with E-state index in [0.717, 1.165) is 17.4 Å². The van der Waals surface area contributed by atoms with Crippen LogP contribution in [0.1, 0.15) is 23.5 Å². The van der Waals surface area contributed by atoms with E-state index in [1.165, 1.54) is 5.69 Å². The van der Waals surface area contributed by atoms with Gasteiger partial charge in [-0.15, -0.1) is 0 Å². The minimum Gasteiger partial charge on any atom is -0.383 e. The summed E-state index contributed by atoms with van der Waals surface area (Å²) in [4.78, 5) is 6.60. The Morgan fingerprint density at radius 3 is 2.91 bits per heavy atom. The van der Waals surface area contributed by atoms with Crippen LogP contribution in [0.5, 0.6) is 0 Å². The van der Waals surface area contributed by atoms with E-state index in [-0.39, 0.29) is 12.1 Å². The molecule has 3 rings (SSSR count). The molecule has 22 heavy (non-hydrogen) atoms. The first-order chi connectivity index (χ1) is 10.7. The Labute approximate surface area is 135 Å². The number of methoxy groups -OCH3 is 1. The fourth-order valence-electron chi connectivity index (χ4n) is 2.92. The van der Waals surface area contributed by atoms with Crippen LogP contribution in [0.3, 0.4) is 0 Å². The van der Waals surface area contributed by atoms with Crippen molar-refractivity contribution < 1.29 is 4.74 Å². The molecule has 116 valence electrons. The fraction of sp³-hybridized carbons (Fsp3) is 0.375. The molecule has 0 aliphatic carbocycles. The van der Waals surface area contributed by atoms with Crippen molar-refractivity contribution in [3.63, 3.8) is 0 Å². The van der Waals surface area contributed by atoms with Crippen molar-refractivity contribution in [3.05, 3.63) is 54.1 Å². The van der Waals surface area contributed by atoms with Crippen LogP contribution < -0.4 is 5.32 Å². The summed E-state index contributed by atoms with van der Waals surface area (Å²) in [6.45, 7) is 1.51. The lowest BCUT2D eigenvalue weighted by atomic mass is 10.0. The Bertz CT molecular complexity index is 643. The third kappa shape index (κ3) is 2.71. The molecule has 5 nitrogen and oxygen atoms in total. The maximum atomic E-state index is 5.45. The number of nitrogens with zero attached hydrogens (tertiary/aromatic N) is 3. The smallest absolute Gasteiger partial charge is 0.169 e. The second kappa shape index (κ2) is 6.46. The summed E-state index contributed by atoms with van der Waals surface area (Å²) in [7, 11) is 3.74. The number of likely N-dealkylation sites (N-methyl/N-ethyl adjacent to an activating group) is 1. The molecule has 2 aromatic rings. The van der Waals surface area contributed by atoms with E-state index in [2.05, 4.69) is 38.1 Å². The van der Waals surface area contributed by atoms with Crippen molar-refractivity contribution in [2.45, 2.75) is 18.6 Å². The number of rotatable bonds is 5. The standard InChI is InChI=1S/C16H20N4OS/c1-19-15(13-7-5-9-20(13)10-11-21-2)14(18-16(19)22)12-6-3-4-8-17-12/h3-9,14-15H,10-11H2,1-2H3,(H,18,22)/t14-,15-/m0/s1. The van der Waals surface area contributed by atoms with Crippen LogP contribution in [0.2, 0.25) is 0 Å². The molecule has 0 bridgehead atoms. The molecule has 6 heteroatoms. The van der Waals surface area contributed by atoms with Gasteiger partial charge in [0.2, 0.25) is 0 Å². The largest absolute Gasteiger partial charge is 0.383 e. The highest BCUT2D eigenvalue weighted by molar-refractivity contribution is 7.80. The van der Waals surface area contributed by atoms with Gasteiger partial charge < -0.3 is 19.5 Å². The predicted octanol–water partition coefficient (Wildman–Crippen LogP) is 2.13. The number of hydrogen-bond acceptors (Lipinski definition) is 3. The zero-order chi connectivity index (χ0) is 15.5. The molecular formula is C16H20N4OS. The molecular weight excluding hydrogens is 296 g/mol. The van der Waals surface area contributed by atoms with Gasteiger partial charge in [0.05, 0.1) is 24.4 Å². The van der Waals surface area contributed by atoms with Crippen LogP contribution in [0.4, 0.5) is 0 Å². The molecule has 0 unspecified atom stereocenters. The number of nitrogens with one attached hydrogen (secondary N) is 1. The topological polar surface area (TPSA) is 42.3 Å². The van der Waals surface area contributed by atoms with Crippen LogP contribution in [0, 0.1) is 0 Å². The third-order valence-electron chi connectivity index (χ3n) is 4.04. The minimum absolute atomic E-state index is 0.0508. The van der Waals surface area contributed by atoms with Crippen molar-refractivity contribution in [3.8, 4) is 0 Å². The maximum absolute atomic E-state index is 5.45. The quantitative estimate of drug-likeness (QED) is 0.856. The van der Waals surface area contributed by atoms with E-state index in [0.29, 0.717) is 6.61 Å². The first-order valence-corrected chi connectivity index (χ1v) is 7.71. The van der Waals surface area contributed by atoms with Crippen LogP contribution in [0.15, 0.2) is 42.7 Å². The lowest BCUT2D eigenvalue weighted by Gasteiger charge is -2.25. The second-order valence-corrected chi connectivity index (χ2v) is 5.74. The Morgan fingerprint density at radius 1 is 1.32 bits per heavy atom. The van der Waals surface area contributed by atoms with Gasteiger partial charge in [-0.1, -0.05) is 6.07 Å². The van der Waals surface area contributed by atoms with Crippen LogP contribution in [-0.2, 0) is 11.3 Å². The second-order valence-electron chi connectivity index (χ2n) is 5.36. The average Bonchev–Trinajstić information content (AvgIpc) is 3.11. The SMILES string of the molecule is COCCn1cccc1[C@H]1[C@H](c2ccccn2)NC(=S)N1C. The molecule has 1 aliphatic heterocycles. The summed E-state index contributed by atoms with van der Waals surface area (Å²) in [5.41, 5.74) is 2.21. The van der Waals surface area contributed by atoms with Crippen LogP contribution in [0.25, 0.3) is 0 Å². The fourth-order valence-corrected chi connectivity index (χ4v) is 3.16. The molecule has 3 heterocycles. The maximum Gasteiger partial charge on any atom is 0.169 e. The highest BCUT2D eigenvalue weighted by Crippen LogP contribution is 2.37. The van der Waals surface area contributed by atoms with E-state index >= 15 is 0 Å². The van der Waals surface area contributed by atoms with E-state index in [9.17, 15) is 0 Å². The summed E-state index contributed by atoms with van der Waals surface area (Å²) in [6, 6.07) is 10.3. The van der Waals surface area contributed by atoms with Gasteiger partial charge in [-0.25, -0.2) is 0 Å². The van der Waals surface area contributed by atoms with Crippen molar-refractivity contribution in [1.82, 2.24) is 19.8 Å². The van der Waals surface area contributed by atoms with Gasteiger partial charge in [-0.2, -0.15) is 0 Å². The molecule has 0 radical (unpaired) electrons. The first kappa shape index (κ1) is 15.0. The Kier molecular flexibility index (Phi) is 4.40. The Hall–Kier alpha value is -1.92. The van der Waals surface area contributed by atoms with Gasteiger partial charge in [0.25, 0.3) is 0 Å². The molecule has 1 N–H and O–H groups in total. The number of hydrogen-bond donors (Lipinski definition) is 1. The Morgan fingerprint density at radius 2 is 2.18 bits per heavy atom. The first-order valence-electron chi connectivity index (χ1n) is 7.30. The molecule has 0 spiro atoms. The molecule has 0 amide bonds. The van der Waals surface area contributed by atoms with Gasteiger partial charge in [0, 0.05) is 38.8 Å². The zero-order valence-electron chi connectivity index (χ0n) is 12.8. The molecule has 2 atom stereocenters. The van der Waals surface area contributed by atoms with E-state index in [4.69, 9.17) is 17.0 Å². The summed E-state index contributed by atoms with van der Waals surface area (Å²) >= 11 is 5.45. The predicted molar refractivity (Wildman–Crippen MR) is 89.5 cm³/mol. The highest BCUT2D eigenvalue weighted by Gasteiger charge is 2.38. The van der Waals surface area contributed by atoms with Crippen molar-refractivity contribution in [2.75, 3.05) is 20.8 Å². The molecule has 0 saturated carbocycles. The lowest BCUT2D eigenvalue weighted by Crippen LogP contribution is -2.26. The normalized spacial score (nSPS) is 21.2. The zero-order valence-corrected chi connectivity index (χ0v) is 13.6. The van der Waals surface area contributed by atoms with Crippen LogP contribution in [-0.4, -0.2) is 40.3 Å². The number of ether oxygens (including phenoxy) is 1.